The highest BCUT2D eigenvalue weighted by Gasteiger charge is 1.72. The van der Waals surface area contributed by atoms with E-state index >= 15 is 0 Å². The predicted octanol–water partition coefficient (Wildman–Crippen LogP) is 6.58. The van der Waals surface area contributed by atoms with Gasteiger partial charge in [-0.15, -0.1) is 0 Å². The number of allylic oxidation sites excluding steroid dienone is 3. The lowest BCUT2D eigenvalue weighted by atomic mass is 10.2. The van der Waals surface area contributed by atoms with Crippen LogP contribution in [0.15, 0.2) is 54.6 Å². The first-order chi connectivity index (χ1) is 8.58. The molecule has 0 heterocycles. The van der Waals surface area contributed by atoms with Gasteiger partial charge in [0.05, 0.1) is 0 Å². The topological polar surface area (TPSA) is 0 Å². The van der Waals surface area contributed by atoms with E-state index in [1.165, 1.54) is 12.0 Å². The molecule has 0 aliphatic heterocycles. The number of rotatable bonds is 1. The molecule has 0 nitrogen and oxygen atoms in total. The van der Waals surface area contributed by atoms with Gasteiger partial charge in [-0.2, -0.15) is 0 Å². The van der Waals surface area contributed by atoms with E-state index in [1.807, 2.05) is 58.0 Å². The summed E-state index contributed by atoms with van der Waals surface area (Å²) in [6.45, 7) is 17.9. The molecule has 104 valence electrons. The van der Waals surface area contributed by atoms with Gasteiger partial charge < -0.3 is 0 Å². The van der Waals surface area contributed by atoms with Crippen LogP contribution in [0.25, 0.3) is 0 Å². The average molecular weight is 248 g/mol. The normalized spacial score (nSPS) is 7.94. The van der Waals surface area contributed by atoms with Crippen LogP contribution in [0.2, 0.25) is 0 Å². The second-order valence-corrected chi connectivity index (χ2v) is 3.71. The fraction of sp³-hybridized carbons (Fsp3) is 0.444. The van der Waals surface area contributed by atoms with Gasteiger partial charge in [-0.1, -0.05) is 94.3 Å². The van der Waals surface area contributed by atoms with Gasteiger partial charge in [-0.05, 0) is 20.8 Å². The highest BCUT2D eigenvalue weighted by atomic mass is 13.8. The molecule has 0 aliphatic rings. The van der Waals surface area contributed by atoms with Gasteiger partial charge in [0.2, 0.25) is 0 Å². The van der Waals surface area contributed by atoms with Crippen molar-refractivity contribution in [2.24, 2.45) is 0 Å². The summed E-state index contributed by atoms with van der Waals surface area (Å²) in [6.07, 6.45) is 5.20. The Bertz CT molecular complexity index is 267. The van der Waals surface area contributed by atoms with Crippen LogP contribution in [0.4, 0.5) is 0 Å². The molecule has 1 aromatic rings. The van der Waals surface area contributed by atoms with E-state index < -0.39 is 0 Å². The van der Waals surface area contributed by atoms with E-state index in [0.717, 1.165) is 5.57 Å². The van der Waals surface area contributed by atoms with Crippen LogP contribution < -0.4 is 0 Å². The average Bonchev–Trinajstić information content (AvgIpc) is 2.34. The molecule has 1 aromatic carbocycles. The van der Waals surface area contributed by atoms with Gasteiger partial charge in [0.1, 0.15) is 0 Å². The van der Waals surface area contributed by atoms with Crippen molar-refractivity contribution >= 4 is 0 Å². The van der Waals surface area contributed by atoms with Crippen molar-refractivity contribution in [2.75, 3.05) is 0 Å². The molecule has 0 saturated carbocycles. The van der Waals surface area contributed by atoms with E-state index in [-0.39, 0.29) is 0 Å². The maximum atomic E-state index is 3.66. The van der Waals surface area contributed by atoms with Crippen molar-refractivity contribution < 1.29 is 0 Å². The lowest BCUT2D eigenvalue weighted by molar-refractivity contribution is 1.09. The predicted molar refractivity (Wildman–Crippen MR) is 88.1 cm³/mol. The zero-order valence-corrected chi connectivity index (χ0v) is 13.5. The Balaban J connectivity index is -0.000000187. The monoisotopic (exact) mass is 248 g/mol. The van der Waals surface area contributed by atoms with Crippen molar-refractivity contribution in [3.05, 3.63) is 60.2 Å². The Hall–Kier alpha value is -1.30. The summed E-state index contributed by atoms with van der Waals surface area (Å²) in [4.78, 5) is 0. The molecule has 18 heavy (non-hydrogen) atoms. The van der Waals surface area contributed by atoms with Crippen LogP contribution in [0, 0.1) is 6.92 Å². The molecule has 0 fully saturated rings. The minimum atomic E-state index is 1.11. The van der Waals surface area contributed by atoms with Gasteiger partial charge in [-0.3, -0.25) is 0 Å². The number of aryl methyl sites for hydroxylation is 1. The molecule has 0 spiro atoms. The van der Waals surface area contributed by atoms with E-state index in [9.17, 15) is 0 Å². The number of hydrogen-bond donors (Lipinski definition) is 0. The molecule has 0 radical (unpaired) electrons. The van der Waals surface area contributed by atoms with Crippen molar-refractivity contribution in [1.29, 1.82) is 0 Å². The van der Waals surface area contributed by atoms with E-state index in [2.05, 4.69) is 39.5 Å². The Kier molecular flexibility index (Phi) is 25.6. The third-order valence-corrected chi connectivity index (χ3v) is 1.39. The molecule has 0 amide bonds. The zero-order valence-electron chi connectivity index (χ0n) is 13.5. The molecule has 1 rings (SSSR count). The third kappa shape index (κ3) is 29.3. The third-order valence-electron chi connectivity index (χ3n) is 1.39. The molecule has 0 bridgehead atoms. The second-order valence-electron chi connectivity index (χ2n) is 3.71. The molecule has 0 N–H and O–H groups in total. The highest BCUT2D eigenvalue weighted by Crippen LogP contribution is 1.92. The fourth-order valence-corrected chi connectivity index (χ4v) is 0.819. The maximum Gasteiger partial charge on any atom is -0.0398 e. The zero-order chi connectivity index (χ0) is 14.8. The maximum absolute atomic E-state index is 3.66. The summed E-state index contributed by atoms with van der Waals surface area (Å²) >= 11 is 0. The minimum Gasteiger partial charge on any atom is -0.0961 e. The molecular formula is C18H32. The lowest BCUT2D eigenvalue weighted by Crippen LogP contribution is -1.62. The summed E-state index contributed by atoms with van der Waals surface area (Å²) in [6, 6.07) is 10.3. The quantitative estimate of drug-likeness (QED) is 0.493. The molecule has 0 saturated heterocycles. The Labute approximate surface area is 115 Å². The van der Waals surface area contributed by atoms with Crippen molar-refractivity contribution in [1.82, 2.24) is 0 Å². The Morgan fingerprint density at radius 3 is 1.61 bits per heavy atom. The van der Waals surface area contributed by atoms with Crippen LogP contribution in [0.5, 0.6) is 0 Å². The molecule has 0 heteroatoms. The van der Waals surface area contributed by atoms with Crippen LogP contribution in [0.3, 0.4) is 0 Å². The molecular weight excluding hydrogens is 216 g/mol. The van der Waals surface area contributed by atoms with E-state index in [0.29, 0.717) is 0 Å². The summed E-state index contributed by atoms with van der Waals surface area (Å²) in [7, 11) is 0. The first-order valence-electron chi connectivity index (χ1n) is 6.88. The minimum absolute atomic E-state index is 1.11. The highest BCUT2D eigenvalue weighted by molar-refractivity contribution is 5.11. The van der Waals surface area contributed by atoms with Crippen LogP contribution in [-0.4, -0.2) is 0 Å². The molecule has 0 unspecified atom stereocenters. The summed E-state index contributed by atoms with van der Waals surface area (Å²) < 4.78 is 0. The Morgan fingerprint density at radius 1 is 1.11 bits per heavy atom. The van der Waals surface area contributed by atoms with Crippen LogP contribution in [-0.2, 0) is 0 Å². The van der Waals surface area contributed by atoms with Gasteiger partial charge >= 0.3 is 0 Å². The SMILES string of the molecule is C=C(C)/C=C\C.CC.CCC.Cc1ccccc1. The van der Waals surface area contributed by atoms with Crippen molar-refractivity contribution in [3.8, 4) is 0 Å². The van der Waals surface area contributed by atoms with E-state index in [1.54, 1.807) is 0 Å². The molecule has 0 atom stereocenters. The van der Waals surface area contributed by atoms with Gasteiger partial charge in [0.15, 0.2) is 0 Å². The van der Waals surface area contributed by atoms with Gasteiger partial charge in [0.25, 0.3) is 0 Å². The van der Waals surface area contributed by atoms with Crippen LogP contribution in [0.1, 0.15) is 53.5 Å². The first-order valence-corrected chi connectivity index (χ1v) is 6.88. The second kappa shape index (κ2) is 21.0. The van der Waals surface area contributed by atoms with Gasteiger partial charge in [0, 0.05) is 0 Å². The summed E-state index contributed by atoms with van der Waals surface area (Å²) in [5.74, 6) is 0. The largest absolute Gasteiger partial charge is 0.0961 e. The Morgan fingerprint density at radius 2 is 1.50 bits per heavy atom. The summed E-state index contributed by atoms with van der Waals surface area (Å²) in [5, 5.41) is 0. The van der Waals surface area contributed by atoms with Crippen LogP contribution >= 0.6 is 0 Å². The smallest absolute Gasteiger partial charge is 0.0398 e. The van der Waals surface area contributed by atoms with Crippen molar-refractivity contribution in [2.45, 2.75) is 54.9 Å². The summed E-state index contributed by atoms with van der Waals surface area (Å²) in [5.41, 5.74) is 2.43. The van der Waals surface area contributed by atoms with Crippen molar-refractivity contribution in [3.63, 3.8) is 0 Å². The standard InChI is InChI=1S/C7H8.C6H10.C3H8.C2H6/c1-7-5-3-2-4-6-7;1-4-5-6(2)3;1-3-2;1-2/h2-6H,1H3;4-5H,2H2,1,3H3;3H2,1-2H3;1-2H3/b;5-4-;;. The number of hydrogen-bond acceptors (Lipinski definition) is 0. The van der Waals surface area contributed by atoms with Gasteiger partial charge in [-0.25, -0.2) is 0 Å². The fourth-order valence-electron chi connectivity index (χ4n) is 0.819. The molecule has 0 aromatic heterocycles. The first kappa shape index (κ1) is 21.9. The molecule has 0 aliphatic carbocycles. The lowest BCUT2D eigenvalue weighted by Gasteiger charge is -1.82. The van der Waals surface area contributed by atoms with E-state index in [4.69, 9.17) is 0 Å². The number of benzene rings is 1.